The SMILES string of the molecule is CC(c1ccccn1)n1ncc(I)c1N. The largest absolute Gasteiger partial charge is 0.383 e. The van der Waals surface area contributed by atoms with Crippen LogP contribution in [0.3, 0.4) is 0 Å². The molecule has 2 rings (SSSR count). The van der Waals surface area contributed by atoms with Crippen molar-refractivity contribution >= 4 is 28.4 Å². The van der Waals surface area contributed by atoms with Gasteiger partial charge in [-0.1, -0.05) is 6.07 Å². The lowest BCUT2D eigenvalue weighted by atomic mass is 10.2. The van der Waals surface area contributed by atoms with E-state index in [1.165, 1.54) is 0 Å². The summed E-state index contributed by atoms with van der Waals surface area (Å²) < 4.78 is 2.75. The van der Waals surface area contributed by atoms with Gasteiger partial charge in [0.25, 0.3) is 0 Å². The monoisotopic (exact) mass is 314 g/mol. The van der Waals surface area contributed by atoms with Gasteiger partial charge in [-0.15, -0.1) is 0 Å². The van der Waals surface area contributed by atoms with E-state index in [0.29, 0.717) is 5.82 Å². The van der Waals surface area contributed by atoms with Crippen LogP contribution < -0.4 is 5.73 Å². The minimum atomic E-state index is 0.0646. The average Bonchev–Trinajstić information content (AvgIpc) is 2.60. The molecule has 15 heavy (non-hydrogen) atoms. The van der Waals surface area contributed by atoms with Gasteiger partial charge in [0.2, 0.25) is 0 Å². The van der Waals surface area contributed by atoms with Crippen LogP contribution in [0.2, 0.25) is 0 Å². The molecule has 0 saturated heterocycles. The van der Waals surface area contributed by atoms with Crippen molar-refractivity contribution in [3.05, 3.63) is 39.9 Å². The molecule has 78 valence electrons. The van der Waals surface area contributed by atoms with Crippen LogP contribution in [0, 0.1) is 3.57 Å². The highest BCUT2D eigenvalue weighted by atomic mass is 127. The summed E-state index contributed by atoms with van der Waals surface area (Å²) in [4.78, 5) is 4.29. The van der Waals surface area contributed by atoms with Crippen LogP contribution in [0.4, 0.5) is 5.82 Å². The van der Waals surface area contributed by atoms with Crippen LogP contribution in [0.1, 0.15) is 18.7 Å². The molecular weight excluding hydrogens is 303 g/mol. The Balaban J connectivity index is 2.37. The predicted molar refractivity (Wildman–Crippen MR) is 67.4 cm³/mol. The van der Waals surface area contributed by atoms with Gasteiger partial charge < -0.3 is 5.73 Å². The molecule has 0 amide bonds. The maximum atomic E-state index is 5.91. The number of aromatic nitrogens is 3. The molecule has 0 bridgehead atoms. The maximum absolute atomic E-state index is 5.91. The summed E-state index contributed by atoms with van der Waals surface area (Å²) in [6, 6.07) is 5.89. The average molecular weight is 314 g/mol. The van der Waals surface area contributed by atoms with Gasteiger partial charge in [-0.25, -0.2) is 4.68 Å². The van der Waals surface area contributed by atoms with Crippen LogP contribution in [-0.4, -0.2) is 14.8 Å². The van der Waals surface area contributed by atoms with Crippen molar-refractivity contribution in [2.24, 2.45) is 0 Å². The molecule has 1 unspecified atom stereocenters. The van der Waals surface area contributed by atoms with E-state index in [1.54, 1.807) is 17.1 Å². The Morgan fingerprint density at radius 1 is 1.47 bits per heavy atom. The Labute approximate surface area is 102 Å². The molecule has 0 aliphatic rings. The van der Waals surface area contributed by atoms with Crippen molar-refractivity contribution in [2.75, 3.05) is 5.73 Å². The van der Waals surface area contributed by atoms with Crippen LogP contribution in [0.25, 0.3) is 0 Å². The Morgan fingerprint density at radius 3 is 2.80 bits per heavy atom. The molecule has 4 nitrogen and oxygen atoms in total. The van der Waals surface area contributed by atoms with Crippen LogP contribution in [-0.2, 0) is 0 Å². The molecule has 2 aromatic rings. The van der Waals surface area contributed by atoms with Gasteiger partial charge in [0, 0.05) is 6.20 Å². The van der Waals surface area contributed by atoms with Crippen LogP contribution in [0.15, 0.2) is 30.6 Å². The van der Waals surface area contributed by atoms with E-state index in [1.807, 2.05) is 25.1 Å². The lowest BCUT2D eigenvalue weighted by Crippen LogP contribution is -2.12. The molecule has 0 aliphatic carbocycles. The van der Waals surface area contributed by atoms with Gasteiger partial charge in [-0.3, -0.25) is 4.98 Å². The summed E-state index contributed by atoms with van der Waals surface area (Å²) in [7, 11) is 0. The first kappa shape index (κ1) is 10.4. The van der Waals surface area contributed by atoms with Crippen molar-refractivity contribution in [3.8, 4) is 0 Å². The summed E-state index contributed by atoms with van der Waals surface area (Å²) in [5.74, 6) is 0.689. The number of pyridine rings is 1. The molecule has 2 heterocycles. The Bertz CT molecular complexity index is 452. The number of hydrogen-bond acceptors (Lipinski definition) is 3. The Hall–Kier alpha value is -1.11. The molecule has 0 aromatic carbocycles. The predicted octanol–water partition coefficient (Wildman–Crippen LogP) is 2.07. The number of anilines is 1. The molecule has 2 aromatic heterocycles. The number of halogens is 1. The van der Waals surface area contributed by atoms with Crippen LogP contribution in [0.5, 0.6) is 0 Å². The third-order valence-electron chi connectivity index (χ3n) is 2.27. The summed E-state index contributed by atoms with van der Waals surface area (Å²) in [5.41, 5.74) is 6.87. The fraction of sp³-hybridized carbons (Fsp3) is 0.200. The Kier molecular flexibility index (Phi) is 2.90. The highest BCUT2D eigenvalue weighted by molar-refractivity contribution is 14.1. The zero-order valence-corrected chi connectivity index (χ0v) is 10.4. The second-order valence-electron chi connectivity index (χ2n) is 3.25. The molecular formula is C10H11IN4. The molecule has 1 atom stereocenters. The summed E-state index contributed by atoms with van der Waals surface area (Å²) >= 11 is 2.17. The number of nitrogens with zero attached hydrogens (tertiary/aromatic N) is 3. The molecule has 2 N–H and O–H groups in total. The molecule has 0 fully saturated rings. The van der Waals surface area contributed by atoms with Gasteiger partial charge >= 0.3 is 0 Å². The minimum Gasteiger partial charge on any atom is -0.383 e. The van der Waals surface area contributed by atoms with Gasteiger partial charge in [0.15, 0.2) is 0 Å². The summed E-state index contributed by atoms with van der Waals surface area (Å²) in [5, 5.41) is 4.24. The fourth-order valence-corrected chi connectivity index (χ4v) is 1.78. The summed E-state index contributed by atoms with van der Waals surface area (Å²) in [6.07, 6.45) is 3.53. The molecule has 0 radical (unpaired) electrons. The number of rotatable bonds is 2. The van der Waals surface area contributed by atoms with E-state index in [2.05, 4.69) is 32.7 Å². The second kappa shape index (κ2) is 4.18. The number of hydrogen-bond donors (Lipinski definition) is 1. The van der Waals surface area contributed by atoms with E-state index in [9.17, 15) is 0 Å². The first-order valence-electron chi connectivity index (χ1n) is 4.59. The van der Waals surface area contributed by atoms with E-state index < -0.39 is 0 Å². The van der Waals surface area contributed by atoms with Gasteiger partial charge in [0.05, 0.1) is 21.5 Å². The second-order valence-corrected chi connectivity index (χ2v) is 4.42. The van der Waals surface area contributed by atoms with Crippen molar-refractivity contribution < 1.29 is 0 Å². The maximum Gasteiger partial charge on any atom is 0.135 e. The number of nitrogen functional groups attached to an aromatic ring is 1. The van der Waals surface area contributed by atoms with E-state index in [4.69, 9.17) is 5.73 Å². The van der Waals surface area contributed by atoms with Gasteiger partial charge in [0.1, 0.15) is 5.82 Å². The third kappa shape index (κ3) is 1.97. The van der Waals surface area contributed by atoms with E-state index in [-0.39, 0.29) is 6.04 Å². The molecule has 5 heteroatoms. The van der Waals surface area contributed by atoms with Crippen LogP contribution >= 0.6 is 22.6 Å². The zero-order chi connectivity index (χ0) is 10.8. The lowest BCUT2D eigenvalue weighted by molar-refractivity contribution is 0.559. The topological polar surface area (TPSA) is 56.7 Å². The van der Waals surface area contributed by atoms with E-state index in [0.717, 1.165) is 9.26 Å². The first-order chi connectivity index (χ1) is 7.20. The van der Waals surface area contributed by atoms with Crippen molar-refractivity contribution in [1.29, 1.82) is 0 Å². The van der Waals surface area contributed by atoms with Crippen molar-refractivity contribution in [3.63, 3.8) is 0 Å². The summed E-state index contributed by atoms with van der Waals surface area (Å²) in [6.45, 7) is 2.03. The normalized spacial score (nSPS) is 12.7. The Morgan fingerprint density at radius 2 is 2.27 bits per heavy atom. The zero-order valence-electron chi connectivity index (χ0n) is 8.26. The van der Waals surface area contributed by atoms with Crippen molar-refractivity contribution in [1.82, 2.24) is 14.8 Å². The highest BCUT2D eigenvalue weighted by Crippen LogP contribution is 2.21. The molecule has 0 saturated carbocycles. The molecule has 0 aliphatic heterocycles. The quantitative estimate of drug-likeness (QED) is 0.864. The van der Waals surface area contributed by atoms with Crippen molar-refractivity contribution in [2.45, 2.75) is 13.0 Å². The fourth-order valence-electron chi connectivity index (χ4n) is 1.41. The van der Waals surface area contributed by atoms with Gasteiger partial charge in [-0.05, 0) is 41.6 Å². The number of nitrogens with two attached hydrogens (primary N) is 1. The van der Waals surface area contributed by atoms with E-state index >= 15 is 0 Å². The highest BCUT2D eigenvalue weighted by Gasteiger charge is 2.13. The first-order valence-corrected chi connectivity index (χ1v) is 5.67. The standard InChI is InChI=1S/C10H11IN4/c1-7(9-4-2-3-5-13-9)15-10(12)8(11)6-14-15/h2-7H,12H2,1H3. The smallest absolute Gasteiger partial charge is 0.135 e. The molecule has 0 spiro atoms. The third-order valence-corrected chi connectivity index (χ3v) is 3.10. The lowest BCUT2D eigenvalue weighted by Gasteiger charge is -2.12. The minimum absolute atomic E-state index is 0.0646. The van der Waals surface area contributed by atoms with Gasteiger partial charge in [-0.2, -0.15) is 5.10 Å².